The Morgan fingerprint density at radius 3 is 2.45 bits per heavy atom. The summed E-state index contributed by atoms with van der Waals surface area (Å²) in [6, 6.07) is 8.46. The molecule has 1 spiro atoms. The molecule has 3 aromatic rings. The summed E-state index contributed by atoms with van der Waals surface area (Å²) in [6.07, 6.45) is 8.30. The van der Waals surface area contributed by atoms with Gasteiger partial charge in [0.25, 0.3) is 0 Å². The van der Waals surface area contributed by atoms with Crippen molar-refractivity contribution >= 4 is 0 Å². The lowest BCUT2D eigenvalue weighted by Crippen LogP contribution is -2.57. The Hall–Kier alpha value is -2.64. The minimum absolute atomic E-state index is 0.0316. The first-order chi connectivity index (χ1) is 15.1. The number of hydrogen-bond donors (Lipinski definition) is 0. The number of hydrogen-bond acceptors (Lipinski definition) is 5. The zero-order chi connectivity index (χ0) is 21.4. The number of methoxy groups -OCH3 is 1. The van der Waals surface area contributed by atoms with Gasteiger partial charge in [0.05, 0.1) is 30.7 Å². The van der Waals surface area contributed by atoms with Gasteiger partial charge in [-0.3, -0.25) is 14.5 Å². The van der Waals surface area contributed by atoms with Crippen LogP contribution in [-0.4, -0.2) is 62.4 Å². The van der Waals surface area contributed by atoms with Crippen molar-refractivity contribution in [3.05, 3.63) is 54.2 Å². The average Bonchev–Trinajstić information content (AvgIpc) is 3.43. The lowest BCUT2D eigenvalue weighted by Gasteiger charge is -2.50. The maximum absolute atomic E-state index is 5.29. The van der Waals surface area contributed by atoms with Gasteiger partial charge < -0.3 is 9.30 Å². The molecule has 1 saturated heterocycles. The van der Waals surface area contributed by atoms with Crippen LogP contribution in [0.5, 0.6) is 5.75 Å². The number of benzene rings is 1. The second-order valence-corrected chi connectivity index (χ2v) is 8.76. The first-order valence-electron chi connectivity index (χ1n) is 11.3. The maximum Gasteiger partial charge on any atom is 0.129 e. The van der Waals surface area contributed by atoms with E-state index in [1.54, 1.807) is 7.11 Å². The first kappa shape index (κ1) is 20.3. The molecular weight excluding hydrogens is 388 g/mol. The van der Waals surface area contributed by atoms with Crippen molar-refractivity contribution in [1.82, 2.24) is 29.1 Å². The lowest BCUT2D eigenvalue weighted by atomic mass is 9.83. The van der Waals surface area contributed by atoms with Crippen LogP contribution >= 0.6 is 0 Å². The van der Waals surface area contributed by atoms with Crippen molar-refractivity contribution in [2.24, 2.45) is 7.05 Å². The monoisotopic (exact) mass is 420 g/mol. The van der Waals surface area contributed by atoms with Crippen molar-refractivity contribution in [3.63, 3.8) is 0 Å². The van der Waals surface area contributed by atoms with Crippen LogP contribution in [0.15, 0.2) is 42.9 Å². The molecule has 1 fully saturated rings. The molecule has 2 aliphatic rings. The molecule has 0 bridgehead atoms. The van der Waals surface area contributed by atoms with E-state index >= 15 is 0 Å². The summed E-state index contributed by atoms with van der Waals surface area (Å²) in [4.78, 5) is 10.2. The molecule has 1 aromatic carbocycles. The third-order valence-electron chi connectivity index (χ3n) is 7.10. The molecule has 0 amide bonds. The number of fused-ring (bicyclic) bond motifs is 2. The molecule has 0 radical (unpaired) electrons. The van der Waals surface area contributed by atoms with Gasteiger partial charge in [0, 0.05) is 51.5 Å². The normalized spacial score (nSPS) is 18.9. The molecule has 0 aliphatic carbocycles. The topological polar surface area (TPSA) is 51.4 Å². The number of ether oxygens (including phenoxy) is 1. The Morgan fingerprint density at radius 1 is 1.03 bits per heavy atom. The smallest absolute Gasteiger partial charge is 0.129 e. The van der Waals surface area contributed by atoms with Crippen LogP contribution in [0.25, 0.3) is 11.3 Å². The Bertz CT molecular complexity index is 1030. The van der Waals surface area contributed by atoms with Crippen molar-refractivity contribution < 1.29 is 4.74 Å². The van der Waals surface area contributed by atoms with E-state index in [4.69, 9.17) is 9.72 Å². The van der Waals surface area contributed by atoms with E-state index in [0.29, 0.717) is 0 Å². The second kappa shape index (κ2) is 8.13. The third kappa shape index (κ3) is 3.55. The molecule has 7 heteroatoms. The predicted molar refractivity (Wildman–Crippen MR) is 121 cm³/mol. The molecule has 0 atom stereocenters. The van der Waals surface area contributed by atoms with Crippen LogP contribution in [0, 0.1) is 0 Å². The highest BCUT2D eigenvalue weighted by atomic mass is 16.5. The highest BCUT2D eigenvalue weighted by Gasteiger charge is 2.46. The molecule has 7 nitrogen and oxygen atoms in total. The van der Waals surface area contributed by atoms with Crippen LogP contribution in [0.1, 0.15) is 31.2 Å². The number of nitrogens with zero attached hydrogens (tertiary/aromatic N) is 6. The number of likely N-dealkylation sites (tertiary alicyclic amines) is 1. The fraction of sp³-hybridized carbons (Fsp3) is 0.500. The molecule has 164 valence electrons. The highest BCUT2D eigenvalue weighted by Crippen LogP contribution is 2.42. The molecule has 0 N–H and O–H groups in total. The van der Waals surface area contributed by atoms with Gasteiger partial charge in [-0.05, 0) is 37.1 Å². The lowest BCUT2D eigenvalue weighted by molar-refractivity contribution is -0.00772. The van der Waals surface area contributed by atoms with Crippen molar-refractivity contribution in [2.45, 2.75) is 38.4 Å². The minimum Gasteiger partial charge on any atom is -0.497 e. The summed E-state index contributed by atoms with van der Waals surface area (Å²) in [5, 5.41) is 4.37. The average molecular weight is 421 g/mol. The molecule has 31 heavy (non-hydrogen) atoms. The van der Waals surface area contributed by atoms with E-state index in [1.807, 2.05) is 17.9 Å². The van der Waals surface area contributed by atoms with Crippen molar-refractivity contribution in [2.75, 3.05) is 33.3 Å². The van der Waals surface area contributed by atoms with Crippen molar-refractivity contribution in [1.29, 1.82) is 0 Å². The Kier molecular flexibility index (Phi) is 5.32. The molecule has 2 aliphatic heterocycles. The minimum atomic E-state index is 0.0316. The first-order valence-corrected chi connectivity index (χ1v) is 11.3. The molecule has 4 heterocycles. The zero-order valence-electron chi connectivity index (χ0n) is 18.8. The Labute approximate surface area is 184 Å². The largest absolute Gasteiger partial charge is 0.497 e. The quantitative estimate of drug-likeness (QED) is 0.635. The van der Waals surface area contributed by atoms with Gasteiger partial charge in [-0.2, -0.15) is 5.10 Å². The summed E-state index contributed by atoms with van der Waals surface area (Å²) < 4.78 is 9.61. The van der Waals surface area contributed by atoms with Crippen LogP contribution < -0.4 is 4.74 Å². The van der Waals surface area contributed by atoms with Crippen molar-refractivity contribution in [3.8, 4) is 17.0 Å². The number of imidazole rings is 1. The van der Waals surface area contributed by atoms with Gasteiger partial charge in [0.15, 0.2) is 0 Å². The second-order valence-electron chi connectivity index (χ2n) is 8.76. The van der Waals surface area contributed by atoms with E-state index in [1.165, 1.54) is 17.1 Å². The van der Waals surface area contributed by atoms with Gasteiger partial charge >= 0.3 is 0 Å². The van der Waals surface area contributed by atoms with E-state index in [-0.39, 0.29) is 5.54 Å². The third-order valence-corrected chi connectivity index (χ3v) is 7.10. The maximum atomic E-state index is 5.29. The fourth-order valence-electron chi connectivity index (χ4n) is 5.40. The summed E-state index contributed by atoms with van der Waals surface area (Å²) in [5.74, 6) is 2.15. The van der Waals surface area contributed by atoms with Gasteiger partial charge in [-0.15, -0.1) is 0 Å². The zero-order valence-corrected chi connectivity index (χ0v) is 18.8. The van der Waals surface area contributed by atoms with Crippen LogP contribution in [0.2, 0.25) is 0 Å². The number of rotatable bonds is 5. The molecule has 5 rings (SSSR count). The van der Waals surface area contributed by atoms with Gasteiger partial charge in [0.2, 0.25) is 0 Å². The Balaban J connectivity index is 1.37. The number of aryl methyl sites for hydroxylation is 1. The summed E-state index contributed by atoms with van der Waals surface area (Å²) in [5.41, 5.74) is 3.72. The fourth-order valence-corrected chi connectivity index (χ4v) is 5.40. The standard InChI is InChI=1S/C24H32N6O/c1-4-29-13-14-30-22(20-15-26-27(2)18-20)16-25-23(30)24(29)9-11-28(12-10-24)17-19-5-7-21(31-3)8-6-19/h5-8,15-16,18H,4,9-14,17H2,1-3H3. The highest BCUT2D eigenvalue weighted by molar-refractivity contribution is 5.58. The van der Waals surface area contributed by atoms with Crippen LogP contribution in [0.3, 0.4) is 0 Å². The predicted octanol–water partition coefficient (Wildman–Crippen LogP) is 3.12. The van der Waals surface area contributed by atoms with Gasteiger partial charge in [-0.1, -0.05) is 19.1 Å². The number of likely N-dealkylation sites (N-methyl/N-ethyl adjacent to an activating group) is 1. The van der Waals surface area contributed by atoms with E-state index in [2.05, 4.69) is 63.0 Å². The van der Waals surface area contributed by atoms with E-state index in [0.717, 1.165) is 63.4 Å². The SMILES string of the molecule is CCN1CCn2c(-c3cnn(C)c3)cnc2C12CCN(Cc1ccc(OC)cc1)CC2. The van der Waals surface area contributed by atoms with Gasteiger partial charge in [-0.25, -0.2) is 4.98 Å². The summed E-state index contributed by atoms with van der Waals surface area (Å²) in [6.45, 7) is 8.56. The molecule has 2 aromatic heterocycles. The van der Waals surface area contributed by atoms with E-state index in [9.17, 15) is 0 Å². The molecule has 0 saturated carbocycles. The molecule has 0 unspecified atom stereocenters. The summed E-state index contributed by atoms with van der Waals surface area (Å²) in [7, 11) is 3.68. The van der Waals surface area contributed by atoms with E-state index < -0.39 is 0 Å². The van der Waals surface area contributed by atoms with Crippen LogP contribution in [-0.2, 0) is 25.7 Å². The van der Waals surface area contributed by atoms with Crippen LogP contribution in [0.4, 0.5) is 0 Å². The Morgan fingerprint density at radius 2 is 1.81 bits per heavy atom. The van der Waals surface area contributed by atoms with Gasteiger partial charge in [0.1, 0.15) is 11.6 Å². The molecular formula is C24H32N6O. The number of piperidine rings is 1. The number of aromatic nitrogens is 4. The summed E-state index contributed by atoms with van der Waals surface area (Å²) >= 11 is 0.